The number of carboxylic acid groups (broad SMARTS) is 1. The molecule has 11 heteroatoms. The Morgan fingerprint density at radius 1 is 0.932 bits per heavy atom. The first-order chi connectivity index (χ1) is 20.6. The number of anilines is 1. The number of alkyl halides is 4. The van der Waals surface area contributed by atoms with Gasteiger partial charge in [-0.1, -0.05) is 29.8 Å². The Kier molecular flexibility index (Phi) is 8.99. The fourth-order valence-corrected chi connectivity index (χ4v) is 7.10. The number of carbonyl (C=O) groups excluding carboxylic acids is 1. The third-order valence-electron chi connectivity index (χ3n) is 9.72. The van der Waals surface area contributed by atoms with Crippen LogP contribution in [0.2, 0.25) is 5.02 Å². The van der Waals surface area contributed by atoms with Crippen molar-refractivity contribution in [3.8, 4) is 0 Å². The lowest BCUT2D eigenvalue weighted by Gasteiger charge is -2.39. The van der Waals surface area contributed by atoms with Crippen LogP contribution in [0.15, 0.2) is 42.5 Å². The average molecular weight is 638 g/mol. The van der Waals surface area contributed by atoms with Gasteiger partial charge in [0.1, 0.15) is 0 Å². The number of likely N-dealkylation sites (tertiary alicyclic amines) is 2. The zero-order valence-electron chi connectivity index (χ0n) is 25.3. The molecular formula is C33H40ClF4N3O3. The lowest BCUT2D eigenvalue weighted by molar-refractivity contribution is -0.145. The SMILES string of the molecule is CC(C)(C)N1C[C@@H](c2ccc(Cl)cc2)[C@](F)(C(=O)N2CCC(c3ccc(C(F)(F)F)cc3N3CCC(C(=O)O)CC3)CC2)C1. The van der Waals surface area contributed by atoms with Gasteiger partial charge in [0.25, 0.3) is 5.91 Å². The lowest BCUT2D eigenvalue weighted by Crippen LogP contribution is -2.53. The summed E-state index contributed by atoms with van der Waals surface area (Å²) in [5, 5.41) is 9.92. The van der Waals surface area contributed by atoms with Gasteiger partial charge >= 0.3 is 12.1 Å². The van der Waals surface area contributed by atoms with E-state index in [9.17, 15) is 27.9 Å². The van der Waals surface area contributed by atoms with Gasteiger partial charge in [-0.2, -0.15) is 13.2 Å². The van der Waals surface area contributed by atoms with Gasteiger partial charge in [-0.05, 0) is 87.8 Å². The first-order valence-electron chi connectivity index (χ1n) is 15.3. The van der Waals surface area contributed by atoms with Crippen molar-refractivity contribution < 1.29 is 32.3 Å². The predicted octanol–water partition coefficient (Wildman–Crippen LogP) is 6.97. The summed E-state index contributed by atoms with van der Waals surface area (Å²) in [5.41, 5.74) is -1.29. The van der Waals surface area contributed by atoms with Crippen molar-refractivity contribution in [2.24, 2.45) is 5.92 Å². The highest BCUT2D eigenvalue weighted by Gasteiger charge is 2.57. The highest BCUT2D eigenvalue weighted by atomic mass is 35.5. The largest absolute Gasteiger partial charge is 0.481 e. The molecule has 5 rings (SSSR count). The third kappa shape index (κ3) is 6.57. The Bertz CT molecular complexity index is 1360. The van der Waals surface area contributed by atoms with Crippen LogP contribution in [0.3, 0.4) is 0 Å². The molecule has 0 aromatic heterocycles. The fourth-order valence-electron chi connectivity index (χ4n) is 6.97. The molecule has 1 amide bonds. The van der Waals surface area contributed by atoms with Gasteiger partial charge in [-0.25, -0.2) is 4.39 Å². The Hall–Kier alpha value is -2.85. The number of nitrogens with zero attached hydrogens (tertiary/aromatic N) is 3. The van der Waals surface area contributed by atoms with Gasteiger partial charge in [-0.15, -0.1) is 0 Å². The van der Waals surface area contributed by atoms with Gasteiger partial charge < -0.3 is 14.9 Å². The number of rotatable bonds is 5. The van der Waals surface area contributed by atoms with Gasteiger partial charge in [0.2, 0.25) is 5.67 Å². The van der Waals surface area contributed by atoms with Crippen molar-refractivity contribution in [3.05, 3.63) is 64.2 Å². The highest BCUT2D eigenvalue weighted by molar-refractivity contribution is 6.30. The van der Waals surface area contributed by atoms with Crippen molar-refractivity contribution in [1.29, 1.82) is 0 Å². The zero-order chi connectivity index (χ0) is 32.0. The molecule has 0 bridgehead atoms. The summed E-state index contributed by atoms with van der Waals surface area (Å²) in [4.78, 5) is 30.8. The van der Waals surface area contributed by atoms with Crippen LogP contribution in [-0.2, 0) is 15.8 Å². The van der Waals surface area contributed by atoms with E-state index in [0.29, 0.717) is 74.7 Å². The van der Waals surface area contributed by atoms with Crippen LogP contribution < -0.4 is 4.90 Å². The molecule has 3 fully saturated rings. The van der Waals surface area contributed by atoms with E-state index >= 15 is 4.39 Å². The Morgan fingerprint density at radius 3 is 2.09 bits per heavy atom. The van der Waals surface area contributed by atoms with Gasteiger partial charge in [-0.3, -0.25) is 14.5 Å². The molecule has 0 saturated carbocycles. The summed E-state index contributed by atoms with van der Waals surface area (Å²) in [5.74, 6) is -2.73. The predicted molar refractivity (Wildman–Crippen MR) is 162 cm³/mol. The highest BCUT2D eigenvalue weighted by Crippen LogP contribution is 2.45. The number of benzene rings is 2. The number of aliphatic carboxylic acids is 1. The fraction of sp³-hybridized carbons (Fsp3) is 0.576. The molecule has 0 radical (unpaired) electrons. The second-order valence-electron chi connectivity index (χ2n) is 13.5. The molecule has 2 aromatic rings. The van der Waals surface area contributed by atoms with Crippen LogP contribution in [0.4, 0.5) is 23.2 Å². The first-order valence-corrected chi connectivity index (χ1v) is 15.6. The minimum absolute atomic E-state index is 0.0299. The van der Waals surface area contributed by atoms with Crippen LogP contribution in [0.1, 0.15) is 75.0 Å². The third-order valence-corrected chi connectivity index (χ3v) is 9.97. The first kappa shape index (κ1) is 32.5. The van der Waals surface area contributed by atoms with E-state index in [2.05, 4.69) is 0 Å². The maximum Gasteiger partial charge on any atom is 0.416 e. The number of halogens is 5. The molecule has 0 spiro atoms. The Morgan fingerprint density at radius 2 is 1.55 bits per heavy atom. The summed E-state index contributed by atoms with van der Waals surface area (Å²) in [6.07, 6.45) is -2.82. The monoisotopic (exact) mass is 637 g/mol. The molecule has 240 valence electrons. The second-order valence-corrected chi connectivity index (χ2v) is 13.9. The average Bonchev–Trinajstić information content (AvgIpc) is 3.35. The Balaban J connectivity index is 1.35. The van der Waals surface area contributed by atoms with E-state index in [1.54, 1.807) is 29.2 Å². The van der Waals surface area contributed by atoms with Crippen molar-refractivity contribution in [3.63, 3.8) is 0 Å². The minimum Gasteiger partial charge on any atom is -0.481 e. The normalized spacial score (nSPS) is 24.6. The maximum atomic E-state index is 17.1. The van der Waals surface area contributed by atoms with Crippen LogP contribution >= 0.6 is 11.6 Å². The second kappa shape index (κ2) is 12.2. The number of carboxylic acids is 1. The molecule has 0 aliphatic carbocycles. The van der Waals surface area contributed by atoms with E-state index in [1.165, 1.54) is 12.1 Å². The van der Waals surface area contributed by atoms with Gasteiger partial charge in [0.15, 0.2) is 0 Å². The molecule has 3 saturated heterocycles. The van der Waals surface area contributed by atoms with Gasteiger partial charge in [0, 0.05) is 61.4 Å². The number of hydrogen-bond donors (Lipinski definition) is 1. The summed E-state index contributed by atoms with van der Waals surface area (Å²) < 4.78 is 58.1. The molecule has 0 unspecified atom stereocenters. The quantitative estimate of drug-likeness (QED) is 0.359. The summed E-state index contributed by atoms with van der Waals surface area (Å²) in [7, 11) is 0. The number of amides is 1. The van der Waals surface area contributed by atoms with Crippen LogP contribution in [0, 0.1) is 5.92 Å². The van der Waals surface area contributed by atoms with Crippen molar-refractivity contribution in [2.45, 2.75) is 75.7 Å². The summed E-state index contributed by atoms with van der Waals surface area (Å²) in [6.45, 7) is 7.64. The van der Waals surface area contributed by atoms with E-state index in [-0.39, 0.29) is 18.0 Å². The molecule has 6 nitrogen and oxygen atoms in total. The van der Waals surface area contributed by atoms with Crippen molar-refractivity contribution in [1.82, 2.24) is 9.80 Å². The molecule has 1 N–H and O–H groups in total. The van der Waals surface area contributed by atoms with Crippen molar-refractivity contribution in [2.75, 3.05) is 44.2 Å². The summed E-state index contributed by atoms with van der Waals surface area (Å²) >= 11 is 6.09. The number of piperidine rings is 2. The zero-order valence-corrected chi connectivity index (χ0v) is 26.1. The number of carbonyl (C=O) groups is 2. The van der Waals surface area contributed by atoms with Crippen LogP contribution in [0.5, 0.6) is 0 Å². The standard InChI is InChI=1S/C33H40ClF4N3O3/c1-31(2,3)41-19-27(22-4-7-25(34)8-5-22)32(35,20-41)30(44)40-16-10-21(11-17-40)26-9-6-24(33(36,37)38)18-28(26)39-14-12-23(13-15-39)29(42)43/h4-9,18,21,23,27H,10-17,19-20H2,1-3H3,(H,42,43)/t27-,32-/m0/s1. The smallest absolute Gasteiger partial charge is 0.416 e. The molecule has 3 aliphatic rings. The van der Waals surface area contributed by atoms with Gasteiger partial charge in [0.05, 0.1) is 11.5 Å². The molecular weight excluding hydrogens is 598 g/mol. The topological polar surface area (TPSA) is 64.1 Å². The molecule has 44 heavy (non-hydrogen) atoms. The number of hydrogen-bond acceptors (Lipinski definition) is 4. The minimum atomic E-state index is -4.51. The van der Waals surface area contributed by atoms with E-state index in [1.807, 2.05) is 30.6 Å². The van der Waals surface area contributed by atoms with E-state index in [4.69, 9.17) is 11.6 Å². The van der Waals surface area contributed by atoms with Crippen molar-refractivity contribution >= 4 is 29.2 Å². The molecule has 2 atom stereocenters. The van der Waals surface area contributed by atoms with E-state index in [0.717, 1.165) is 11.6 Å². The van der Waals surface area contributed by atoms with Crippen LogP contribution in [-0.4, -0.2) is 77.3 Å². The molecule has 3 heterocycles. The van der Waals surface area contributed by atoms with E-state index < -0.39 is 41.1 Å². The summed E-state index contributed by atoms with van der Waals surface area (Å²) in [6, 6.07) is 10.7. The van der Waals surface area contributed by atoms with Crippen LogP contribution in [0.25, 0.3) is 0 Å². The molecule has 3 aliphatic heterocycles. The Labute approximate surface area is 260 Å². The molecule has 2 aromatic carbocycles. The lowest BCUT2D eigenvalue weighted by atomic mass is 9.83. The maximum absolute atomic E-state index is 17.1.